The zero-order chi connectivity index (χ0) is 11.1. The van der Waals surface area contributed by atoms with Crippen LogP contribution in [-0.4, -0.2) is 25.4 Å². The lowest BCUT2D eigenvalue weighted by atomic mass is 10.0. The number of hydrogen-bond donors (Lipinski definition) is 0. The van der Waals surface area contributed by atoms with Crippen molar-refractivity contribution < 1.29 is 9.47 Å². The summed E-state index contributed by atoms with van der Waals surface area (Å²) in [6, 6.07) is 0. The van der Waals surface area contributed by atoms with Gasteiger partial charge in [-0.25, -0.2) is 0 Å². The molecule has 0 N–H and O–H groups in total. The summed E-state index contributed by atoms with van der Waals surface area (Å²) in [5, 5.41) is 0. The highest BCUT2D eigenvalue weighted by atomic mass is 16.5. The maximum absolute atomic E-state index is 5.62. The Kier molecular flexibility index (Phi) is 5.64. The molecule has 0 spiro atoms. The Morgan fingerprint density at radius 2 is 1.19 bits per heavy atom. The van der Waals surface area contributed by atoms with Gasteiger partial charge in [-0.15, -0.1) is 0 Å². The molecule has 2 aliphatic heterocycles. The van der Waals surface area contributed by atoms with Gasteiger partial charge in [-0.05, 0) is 38.5 Å². The second-order valence-corrected chi connectivity index (χ2v) is 5.26. The quantitative estimate of drug-likeness (QED) is 0.616. The van der Waals surface area contributed by atoms with Crippen LogP contribution in [0.15, 0.2) is 0 Å². The first-order valence-corrected chi connectivity index (χ1v) is 7.18. The van der Waals surface area contributed by atoms with E-state index in [-0.39, 0.29) is 0 Å². The highest BCUT2D eigenvalue weighted by Gasteiger charge is 2.15. The molecule has 0 saturated carbocycles. The van der Waals surface area contributed by atoms with Gasteiger partial charge in [0.25, 0.3) is 0 Å². The van der Waals surface area contributed by atoms with Crippen molar-refractivity contribution in [1.82, 2.24) is 0 Å². The molecule has 0 aliphatic carbocycles. The van der Waals surface area contributed by atoms with Crippen LogP contribution in [0.5, 0.6) is 0 Å². The van der Waals surface area contributed by atoms with E-state index in [1.807, 2.05) is 0 Å². The van der Waals surface area contributed by atoms with E-state index in [2.05, 4.69) is 0 Å². The Balaban J connectivity index is 1.37. The molecule has 16 heavy (non-hydrogen) atoms. The molecule has 2 aliphatic rings. The molecular formula is C14H26O2. The monoisotopic (exact) mass is 226 g/mol. The Morgan fingerprint density at radius 3 is 1.56 bits per heavy atom. The van der Waals surface area contributed by atoms with E-state index in [9.17, 15) is 0 Å². The van der Waals surface area contributed by atoms with E-state index in [0.717, 1.165) is 13.2 Å². The second-order valence-electron chi connectivity index (χ2n) is 5.26. The van der Waals surface area contributed by atoms with Crippen LogP contribution in [0.4, 0.5) is 0 Å². The molecule has 2 nitrogen and oxygen atoms in total. The molecule has 2 atom stereocenters. The molecule has 2 saturated heterocycles. The van der Waals surface area contributed by atoms with Crippen molar-refractivity contribution in [2.45, 2.75) is 76.4 Å². The van der Waals surface area contributed by atoms with Crippen LogP contribution in [0.2, 0.25) is 0 Å². The van der Waals surface area contributed by atoms with E-state index in [0.29, 0.717) is 12.2 Å². The van der Waals surface area contributed by atoms with Gasteiger partial charge in [-0.2, -0.15) is 0 Å². The number of hydrogen-bond acceptors (Lipinski definition) is 2. The van der Waals surface area contributed by atoms with Crippen molar-refractivity contribution in [3.63, 3.8) is 0 Å². The van der Waals surface area contributed by atoms with Crippen molar-refractivity contribution in [3.05, 3.63) is 0 Å². The summed E-state index contributed by atoms with van der Waals surface area (Å²) in [5.74, 6) is 0. The minimum Gasteiger partial charge on any atom is -0.378 e. The van der Waals surface area contributed by atoms with E-state index >= 15 is 0 Å². The first kappa shape index (κ1) is 12.4. The maximum Gasteiger partial charge on any atom is 0.0576 e. The van der Waals surface area contributed by atoms with Gasteiger partial charge in [0.1, 0.15) is 0 Å². The highest BCUT2D eigenvalue weighted by molar-refractivity contribution is 4.66. The predicted octanol–water partition coefficient (Wildman–Crippen LogP) is 3.69. The van der Waals surface area contributed by atoms with Gasteiger partial charge in [-0.3, -0.25) is 0 Å². The first-order chi connectivity index (χ1) is 7.95. The number of ether oxygens (including phenoxy) is 2. The summed E-state index contributed by atoms with van der Waals surface area (Å²) >= 11 is 0. The molecule has 2 fully saturated rings. The third-order valence-electron chi connectivity index (χ3n) is 3.85. The van der Waals surface area contributed by atoms with Crippen LogP contribution in [0.1, 0.15) is 64.2 Å². The molecule has 2 unspecified atom stereocenters. The van der Waals surface area contributed by atoms with Gasteiger partial charge >= 0.3 is 0 Å². The maximum atomic E-state index is 5.62. The van der Waals surface area contributed by atoms with Crippen molar-refractivity contribution in [2.24, 2.45) is 0 Å². The van der Waals surface area contributed by atoms with Crippen LogP contribution in [0.3, 0.4) is 0 Å². The normalized spacial score (nSPS) is 30.0. The fraction of sp³-hybridized carbons (Fsp3) is 1.00. The topological polar surface area (TPSA) is 18.5 Å². The first-order valence-electron chi connectivity index (χ1n) is 7.18. The van der Waals surface area contributed by atoms with Crippen molar-refractivity contribution in [2.75, 3.05) is 13.2 Å². The van der Waals surface area contributed by atoms with E-state index < -0.39 is 0 Å². The predicted molar refractivity (Wildman–Crippen MR) is 65.7 cm³/mol. The number of unbranched alkanes of at least 4 members (excludes halogenated alkanes) is 3. The molecule has 2 rings (SSSR count). The lowest BCUT2D eigenvalue weighted by Gasteiger charge is -2.10. The van der Waals surface area contributed by atoms with Gasteiger partial charge in [0.15, 0.2) is 0 Å². The highest BCUT2D eigenvalue weighted by Crippen LogP contribution is 2.21. The van der Waals surface area contributed by atoms with Crippen LogP contribution < -0.4 is 0 Å². The molecule has 0 radical (unpaired) electrons. The van der Waals surface area contributed by atoms with E-state index in [1.165, 1.54) is 64.2 Å². The molecule has 2 heterocycles. The standard InChI is InChI=1S/C14H26O2/c1(3-7-13-9-5-11-15-13)2-4-8-14-10-6-12-16-14/h13-14H,1-12H2. The third-order valence-corrected chi connectivity index (χ3v) is 3.85. The fourth-order valence-corrected chi connectivity index (χ4v) is 2.84. The average Bonchev–Trinajstić information content (AvgIpc) is 2.96. The lowest BCUT2D eigenvalue weighted by molar-refractivity contribution is 0.0983. The Bertz CT molecular complexity index is 150. The molecule has 94 valence electrons. The van der Waals surface area contributed by atoms with Gasteiger partial charge < -0.3 is 9.47 Å². The summed E-state index contributed by atoms with van der Waals surface area (Å²) in [6.07, 6.45) is 14.4. The van der Waals surface area contributed by atoms with Crippen LogP contribution in [0, 0.1) is 0 Å². The van der Waals surface area contributed by atoms with Gasteiger partial charge in [0, 0.05) is 13.2 Å². The summed E-state index contributed by atoms with van der Waals surface area (Å²) in [6.45, 7) is 2.01. The minimum absolute atomic E-state index is 0.596. The minimum atomic E-state index is 0.596. The Morgan fingerprint density at radius 1 is 0.688 bits per heavy atom. The fourth-order valence-electron chi connectivity index (χ4n) is 2.84. The van der Waals surface area contributed by atoms with Gasteiger partial charge in [0.2, 0.25) is 0 Å². The molecule has 0 aromatic carbocycles. The average molecular weight is 226 g/mol. The summed E-state index contributed by atoms with van der Waals surface area (Å²) in [4.78, 5) is 0. The molecule has 2 heteroatoms. The molecule has 0 bridgehead atoms. The Hall–Kier alpha value is -0.0800. The van der Waals surface area contributed by atoms with Crippen LogP contribution in [0.25, 0.3) is 0 Å². The molecule has 0 aromatic rings. The van der Waals surface area contributed by atoms with Gasteiger partial charge in [-0.1, -0.05) is 25.7 Å². The van der Waals surface area contributed by atoms with Crippen molar-refractivity contribution in [3.8, 4) is 0 Å². The van der Waals surface area contributed by atoms with E-state index in [4.69, 9.17) is 9.47 Å². The lowest BCUT2D eigenvalue weighted by Crippen LogP contribution is -2.05. The van der Waals surface area contributed by atoms with Crippen molar-refractivity contribution in [1.29, 1.82) is 0 Å². The smallest absolute Gasteiger partial charge is 0.0576 e. The second kappa shape index (κ2) is 7.29. The SMILES string of the molecule is C(CCCC1CCCO1)CCC1CCCO1. The van der Waals surface area contributed by atoms with Crippen LogP contribution in [-0.2, 0) is 9.47 Å². The largest absolute Gasteiger partial charge is 0.378 e. The van der Waals surface area contributed by atoms with Crippen molar-refractivity contribution >= 4 is 0 Å². The molecule has 0 aromatic heterocycles. The third kappa shape index (κ3) is 4.42. The zero-order valence-corrected chi connectivity index (χ0v) is 10.5. The zero-order valence-electron chi connectivity index (χ0n) is 10.5. The molecule has 0 amide bonds. The Labute approximate surface area is 99.7 Å². The van der Waals surface area contributed by atoms with E-state index in [1.54, 1.807) is 0 Å². The summed E-state index contributed by atoms with van der Waals surface area (Å²) < 4.78 is 11.2. The van der Waals surface area contributed by atoms with Crippen LogP contribution >= 0.6 is 0 Å². The number of rotatable bonds is 7. The summed E-state index contributed by atoms with van der Waals surface area (Å²) in [7, 11) is 0. The van der Waals surface area contributed by atoms with Gasteiger partial charge in [0.05, 0.1) is 12.2 Å². The molecular weight excluding hydrogens is 200 g/mol. The summed E-state index contributed by atoms with van der Waals surface area (Å²) in [5.41, 5.74) is 0.